The van der Waals surface area contributed by atoms with Crippen molar-refractivity contribution in [3.05, 3.63) is 0 Å². The van der Waals surface area contributed by atoms with Gasteiger partial charge >= 0.3 is 0 Å². The van der Waals surface area contributed by atoms with Gasteiger partial charge in [0.2, 0.25) is 6.29 Å². The molecule has 0 aliphatic carbocycles. The van der Waals surface area contributed by atoms with Gasteiger partial charge in [-0.1, -0.05) is 14.4 Å². The summed E-state index contributed by atoms with van der Waals surface area (Å²) in [6, 6.07) is -0.150. The second kappa shape index (κ2) is 6.11. The number of ether oxygens (including phenoxy) is 2. The number of aliphatic hydroxyl groups excluding tert-OH is 2. The second-order valence-electron chi connectivity index (χ2n) is 5.42. The Morgan fingerprint density at radius 2 is 1.82 bits per heavy atom. The summed E-state index contributed by atoms with van der Waals surface area (Å²) >= 11 is 0. The topological polar surface area (TPSA) is 58.9 Å². The third kappa shape index (κ3) is 3.39. The van der Waals surface area contributed by atoms with Crippen molar-refractivity contribution in [3.8, 4) is 0 Å². The fourth-order valence-electron chi connectivity index (χ4n) is 2.30. The van der Waals surface area contributed by atoms with Crippen LogP contribution in [0.2, 0.25) is 0 Å². The molecule has 1 heterocycles. The Morgan fingerprint density at radius 1 is 1.29 bits per heavy atom. The maximum atomic E-state index is 10.3. The molecule has 0 aromatic heterocycles. The first-order valence-corrected chi connectivity index (χ1v) is 5.61. The molecule has 1 aliphatic heterocycles. The summed E-state index contributed by atoms with van der Waals surface area (Å²) in [6.45, 7) is 1.79. The van der Waals surface area contributed by atoms with Gasteiger partial charge in [-0.3, -0.25) is 0 Å². The summed E-state index contributed by atoms with van der Waals surface area (Å²) < 4.78 is 11.5. The smallest absolute Gasteiger partial charge is 0.213 e. The molecule has 104 valence electrons. The molecule has 0 bridgehead atoms. The third-order valence-electron chi connectivity index (χ3n) is 3.37. The highest BCUT2D eigenvalue weighted by atomic mass is 16.7. The lowest BCUT2D eigenvalue weighted by Crippen LogP contribution is -2.65. The summed E-state index contributed by atoms with van der Waals surface area (Å²) in [5.41, 5.74) is 0. The van der Waals surface area contributed by atoms with Crippen LogP contribution in [-0.4, -0.2) is 74.1 Å². The van der Waals surface area contributed by atoms with Crippen LogP contribution in [-0.2, 0) is 9.47 Å². The van der Waals surface area contributed by atoms with E-state index in [9.17, 15) is 10.2 Å². The normalized spacial score (nSPS) is 38.6. The van der Waals surface area contributed by atoms with Gasteiger partial charge in [0.15, 0.2) is 6.04 Å². The molecule has 5 nitrogen and oxygen atoms in total. The van der Waals surface area contributed by atoms with Gasteiger partial charge in [0.05, 0.1) is 33.9 Å². The highest BCUT2D eigenvalue weighted by Crippen LogP contribution is 2.30. The average molecular weight is 250 g/mol. The standard InChI is InChI=1S/C11H24NO4.CH4/c1-7-8(6-13)16-11(15-5)9(10(7)14)12(2,3)4;/h7-11,13-14H,6H2,1-5H3;1H4/q+1;. The number of hydrogen-bond donors (Lipinski definition) is 2. The van der Waals surface area contributed by atoms with Gasteiger partial charge in [0, 0.05) is 13.0 Å². The quantitative estimate of drug-likeness (QED) is 0.695. The van der Waals surface area contributed by atoms with Gasteiger partial charge in [-0.2, -0.15) is 0 Å². The second-order valence-corrected chi connectivity index (χ2v) is 5.42. The van der Waals surface area contributed by atoms with Crippen molar-refractivity contribution in [2.24, 2.45) is 5.92 Å². The third-order valence-corrected chi connectivity index (χ3v) is 3.37. The molecular formula is C12H28NO4+. The van der Waals surface area contributed by atoms with Crippen molar-refractivity contribution in [1.29, 1.82) is 0 Å². The van der Waals surface area contributed by atoms with E-state index in [0.717, 1.165) is 0 Å². The minimum Gasteiger partial charge on any atom is -0.394 e. The van der Waals surface area contributed by atoms with Crippen LogP contribution in [0, 0.1) is 5.92 Å². The molecule has 5 atom stereocenters. The van der Waals surface area contributed by atoms with E-state index >= 15 is 0 Å². The van der Waals surface area contributed by atoms with Gasteiger partial charge in [0.1, 0.15) is 6.10 Å². The lowest BCUT2D eigenvalue weighted by atomic mass is 9.88. The maximum absolute atomic E-state index is 10.3. The van der Waals surface area contributed by atoms with Gasteiger partial charge in [-0.25, -0.2) is 0 Å². The molecule has 0 aromatic carbocycles. The first-order chi connectivity index (χ1) is 7.32. The predicted molar refractivity (Wildman–Crippen MR) is 66.5 cm³/mol. The van der Waals surface area contributed by atoms with Gasteiger partial charge in [0.25, 0.3) is 0 Å². The molecule has 0 saturated carbocycles. The first kappa shape index (κ1) is 16.8. The van der Waals surface area contributed by atoms with Crippen LogP contribution in [0.4, 0.5) is 0 Å². The molecule has 5 heteroatoms. The number of likely N-dealkylation sites (N-methyl/N-ethyl adjacent to an activating group) is 1. The Kier molecular flexibility index (Phi) is 6.04. The van der Waals surface area contributed by atoms with E-state index in [1.165, 1.54) is 0 Å². The van der Waals surface area contributed by atoms with Crippen LogP contribution in [0.3, 0.4) is 0 Å². The number of aliphatic hydroxyl groups is 2. The average Bonchev–Trinajstić information content (AvgIpc) is 2.19. The van der Waals surface area contributed by atoms with E-state index in [-0.39, 0.29) is 32.1 Å². The van der Waals surface area contributed by atoms with Crippen LogP contribution < -0.4 is 0 Å². The molecule has 1 aliphatic rings. The predicted octanol–water partition coefficient (Wildman–Crippen LogP) is 0.0579. The van der Waals surface area contributed by atoms with E-state index in [1.54, 1.807) is 7.11 Å². The van der Waals surface area contributed by atoms with Crippen LogP contribution >= 0.6 is 0 Å². The Labute approximate surface area is 105 Å². The highest BCUT2D eigenvalue weighted by molar-refractivity contribution is 4.87. The van der Waals surface area contributed by atoms with Crippen molar-refractivity contribution in [3.63, 3.8) is 0 Å². The van der Waals surface area contributed by atoms with E-state index in [2.05, 4.69) is 0 Å². The number of quaternary nitrogens is 1. The molecule has 5 unspecified atom stereocenters. The van der Waals surface area contributed by atoms with Gasteiger partial charge in [-0.05, 0) is 0 Å². The lowest BCUT2D eigenvalue weighted by molar-refractivity contribution is -0.909. The van der Waals surface area contributed by atoms with Crippen molar-refractivity contribution in [1.82, 2.24) is 0 Å². The fraction of sp³-hybridized carbons (Fsp3) is 1.00. The molecule has 1 fully saturated rings. The molecule has 2 N–H and O–H groups in total. The van der Waals surface area contributed by atoms with Crippen molar-refractivity contribution in [2.45, 2.75) is 38.9 Å². The summed E-state index contributed by atoms with van der Waals surface area (Å²) in [7, 11) is 7.55. The SMILES string of the molecule is C.COC1OC(CO)C(C)C(O)C1[N+](C)(C)C. The van der Waals surface area contributed by atoms with Crippen molar-refractivity contribution >= 4 is 0 Å². The zero-order chi connectivity index (χ0) is 12.5. The Hall–Kier alpha value is -0.200. The maximum Gasteiger partial charge on any atom is 0.213 e. The number of nitrogens with zero attached hydrogens (tertiary/aromatic N) is 1. The molecule has 0 aromatic rings. The molecule has 1 saturated heterocycles. The number of rotatable bonds is 3. The first-order valence-electron chi connectivity index (χ1n) is 5.61. The van der Waals surface area contributed by atoms with Crippen LogP contribution in [0.25, 0.3) is 0 Å². The van der Waals surface area contributed by atoms with Crippen molar-refractivity contribution in [2.75, 3.05) is 34.9 Å². The number of methoxy groups -OCH3 is 1. The summed E-state index contributed by atoms with van der Waals surface area (Å²) in [4.78, 5) is 0. The largest absolute Gasteiger partial charge is 0.394 e. The highest BCUT2D eigenvalue weighted by Gasteiger charge is 2.49. The molecule has 17 heavy (non-hydrogen) atoms. The van der Waals surface area contributed by atoms with E-state index in [0.29, 0.717) is 4.48 Å². The van der Waals surface area contributed by atoms with Crippen LogP contribution in [0.15, 0.2) is 0 Å². The van der Waals surface area contributed by atoms with E-state index in [1.807, 2.05) is 28.1 Å². The van der Waals surface area contributed by atoms with E-state index < -0.39 is 12.4 Å². The minimum atomic E-state index is -0.546. The summed E-state index contributed by atoms with van der Waals surface area (Å²) in [6.07, 6.45) is -1.39. The fourth-order valence-corrected chi connectivity index (χ4v) is 2.30. The summed E-state index contributed by atoms with van der Waals surface area (Å²) in [5, 5.41) is 19.5. The van der Waals surface area contributed by atoms with Crippen LogP contribution in [0.5, 0.6) is 0 Å². The van der Waals surface area contributed by atoms with Gasteiger partial charge < -0.3 is 24.2 Å². The Balaban J connectivity index is 0.00000256. The number of hydrogen-bond acceptors (Lipinski definition) is 4. The zero-order valence-corrected chi connectivity index (χ0v) is 10.8. The zero-order valence-electron chi connectivity index (χ0n) is 10.8. The Morgan fingerprint density at radius 3 is 2.18 bits per heavy atom. The lowest BCUT2D eigenvalue weighted by Gasteiger charge is -2.47. The van der Waals surface area contributed by atoms with E-state index in [4.69, 9.17) is 9.47 Å². The van der Waals surface area contributed by atoms with Crippen molar-refractivity contribution < 1.29 is 24.2 Å². The molecule has 0 radical (unpaired) electrons. The Bertz CT molecular complexity index is 227. The molecule has 1 rings (SSSR count). The molecule has 0 amide bonds. The van der Waals surface area contributed by atoms with Gasteiger partial charge in [-0.15, -0.1) is 0 Å². The minimum absolute atomic E-state index is 0. The van der Waals surface area contributed by atoms with Crippen LogP contribution in [0.1, 0.15) is 14.4 Å². The molecular weight excluding hydrogens is 222 g/mol. The summed E-state index contributed by atoms with van der Waals surface area (Å²) in [5.74, 6) is -0.0984. The monoisotopic (exact) mass is 250 g/mol. The molecule has 0 spiro atoms.